The molecule has 1 amide bonds. The van der Waals surface area contributed by atoms with E-state index in [2.05, 4.69) is 4.90 Å². The fraction of sp³-hybridized carbons (Fsp3) is 0.345. The van der Waals surface area contributed by atoms with Crippen molar-refractivity contribution in [2.45, 2.75) is 25.7 Å². The lowest BCUT2D eigenvalue weighted by atomic mass is 10.1. The number of ether oxygens (including phenoxy) is 3. The van der Waals surface area contributed by atoms with E-state index in [1.807, 2.05) is 90.7 Å². The molecule has 0 aromatic heterocycles. The van der Waals surface area contributed by atoms with Crippen LogP contribution in [0.15, 0.2) is 78.9 Å². The van der Waals surface area contributed by atoms with E-state index >= 15 is 0 Å². The van der Waals surface area contributed by atoms with Gasteiger partial charge in [0.15, 0.2) is 6.10 Å². The summed E-state index contributed by atoms with van der Waals surface area (Å²) in [4.78, 5) is 17.2. The minimum atomic E-state index is -0.521. The largest absolute Gasteiger partial charge is 0.497 e. The van der Waals surface area contributed by atoms with E-state index in [0.717, 1.165) is 36.5 Å². The number of hydrogen-bond acceptors (Lipinski definition) is 5. The van der Waals surface area contributed by atoms with Crippen LogP contribution >= 0.6 is 11.6 Å². The van der Waals surface area contributed by atoms with Gasteiger partial charge in [-0.15, -0.1) is 0 Å². The number of benzene rings is 3. The minimum absolute atomic E-state index is 0.0158. The number of carbonyl (C=O) groups is 1. The Morgan fingerprint density at radius 1 is 0.917 bits per heavy atom. The molecular weight excluding hydrogens is 476 g/mol. The van der Waals surface area contributed by atoms with Gasteiger partial charge in [0.1, 0.15) is 11.5 Å². The number of para-hydroxylation sites is 1. The quantitative estimate of drug-likeness (QED) is 0.376. The molecular formula is C29H33ClN2O4. The standard InChI is InChI=1S/C29H33ClN2O4/c1-22(36-26-8-4-3-5-9-26)29(33)32-17-15-31(16-18-32)20-28(24-11-13-25(30)14-12-24)35-21-23-7-6-10-27(19-23)34-2/h3-14,19,22,28H,15-18,20-21H2,1-2H3. The van der Waals surface area contributed by atoms with Crippen LogP contribution in [-0.2, 0) is 16.1 Å². The van der Waals surface area contributed by atoms with Gasteiger partial charge in [0.25, 0.3) is 5.91 Å². The molecule has 2 atom stereocenters. The molecule has 1 aliphatic heterocycles. The maximum Gasteiger partial charge on any atom is 0.263 e. The number of amides is 1. The van der Waals surface area contributed by atoms with E-state index in [4.69, 9.17) is 25.8 Å². The Morgan fingerprint density at radius 2 is 1.61 bits per heavy atom. The van der Waals surface area contributed by atoms with Gasteiger partial charge in [-0.25, -0.2) is 0 Å². The summed E-state index contributed by atoms with van der Waals surface area (Å²) >= 11 is 6.12. The Labute approximate surface area is 218 Å². The number of piperazine rings is 1. The average Bonchev–Trinajstić information content (AvgIpc) is 2.92. The van der Waals surface area contributed by atoms with Crippen molar-refractivity contribution in [2.75, 3.05) is 39.8 Å². The maximum absolute atomic E-state index is 12.9. The summed E-state index contributed by atoms with van der Waals surface area (Å²) in [7, 11) is 1.66. The average molecular weight is 509 g/mol. The monoisotopic (exact) mass is 508 g/mol. The SMILES string of the molecule is COc1cccc(COC(CN2CCN(C(=O)C(C)Oc3ccccc3)CC2)c2ccc(Cl)cc2)c1. The van der Waals surface area contributed by atoms with Crippen LogP contribution in [-0.4, -0.2) is 61.6 Å². The van der Waals surface area contributed by atoms with Crippen LogP contribution in [0.3, 0.4) is 0 Å². The van der Waals surface area contributed by atoms with Gasteiger partial charge >= 0.3 is 0 Å². The molecule has 2 unspecified atom stereocenters. The Morgan fingerprint density at radius 3 is 2.31 bits per heavy atom. The summed E-state index contributed by atoms with van der Waals surface area (Å²) in [6.45, 7) is 5.87. The smallest absolute Gasteiger partial charge is 0.263 e. The summed E-state index contributed by atoms with van der Waals surface area (Å²) in [5, 5.41) is 0.698. The molecule has 6 nitrogen and oxygen atoms in total. The highest BCUT2D eigenvalue weighted by molar-refractivity contribution is 6.30. The molecule has 0 spiro atoms. The van der Waals surface area contributed by atoms with E-state index in [9.17, 15) is 4.79 Å². The van der Waals surface area contributed by atoms with Crippen LogP contribution in [0.5, 0.6) is 11.5 Å². The number of hydrogen-bond donors (Lipinski definition) is 0. The van der Waals surface area contributed by atoms with Gasteiger partial charge < -0.3 is 19.1 Å². The van der Waals surface area contributed by atoms with Crippen LogP contribution < -0.4 is 9.47 Å². The van der Waals surface area contributed by atoms with E-state index in [1.54, 1.807) is 7.11 Å². The molecule has 0 N–H and O–H groups in total. The second kappa shape index (κ2) is 12.8. The first-order valence-corrected chi connectivity index (χ1v) is 12.6. The molecule has 3 aromatic rings. The molecule has 4 rings (SSSR count). The number of carbonyl (C=O) groups excluding carboxylic acids is 1. The van der Waals surface area contributed by atoms with Gasteiger partial charge in [-0.3, -0.25) is 9.69 Å². The van der Waals surface area contributed by atoms with Gasteiger partial charge in [0, 0.05) is 37.7 Å². The lowest BCUT2D eigenvalue weighted by molar-refractivity contribution is -0.140. The van der Waals surface area contributed by atoms with Crippen molar-refractivity contribution in [1.82, 2.24) is 9.80 Å². The van der Waals surface area contributed by atoms with E-state index in [1.165, 1.54) is 0 Å². The van der Waals surface area contributed by atoms with Crippen molar-refractivity contribution in [3.05, 3.63) is 95.0 Å². The van der Waals surface area contributed by atoms with Gasteiger partial charge in [0.2, 0.25) is 0 Å². The number of nitrogens with zero attached hydrogens (tertiary/aromatic N) is 2. The Bertz CT molecular complexity index is 1100. The summed E-state index contributed by atoms with van der Waals surface area (Å²) in [5.74, 6) is 1.53. The van der Waals surface area contributed by atoms with Gasteiger partial charge in [-0.2, -0.15) is 0 Å². The Balaban J connectivity index is 1.34. The van der Waals surface area contributed by atoms with Gasteiger partial charge in [0.05, 0.1) is 19.8 Å². The minimum Gasteiger partial charge on any atom is -0.497 e. The van der Waals surface area contributed by atoms with Crippen molar-refractivity contribution in [3.8, 4) is 11.5 Å². The molecule has 0 bridgehead atoms. The highest BCUT2D eigenvalue weighted by Gasteiger charge is 2.27. The second-order valence-corrected chi connectivity index (χ2v) is 9.34. The zero-order valence-corrected chi connectivity index (χ0v) is 21.6. The van der Waals surface area contributed by atoms with Crippen LogP contribution in [0.2, 0.25) is 5.02 Å². The third kappa shape index (κ3) is 7.23. The predicted molar refractivity (Wildman–Crippen MR) is 142 cm³/mol. The summed E-state index contributed by atoms with van der Waals surface area (Å²) in [6.07, 6.45) is -0.650. The fourth-order valence-corrected chi connectivity index (χ4v) is 4.41. The number of rotatable bonds is 10. The highest BCUT2D eigenvalue weighted by Crippen LogP contribution is 2.24. The van der Waals surface area contributed by atoms with E-state index in [0.29, 0.717) is 30.5 Å². The van der Waals surface area contributed by atoms with Crippen molar-refractivity contribution >= 4 is 17.5 Å². The summed E-state index contributed by atoms with van der Waals surface area (Å²) in [6, 6.07) is 25.2. The van der Waals surface area contributed by atoms with Crippen LogP contribution in [0.25, 0.3) is 0 Å². The summed E-state index contributed by atoms with van der Waals surface area (Å²) < 4.78 is 17.6. The van der Waals surface area contributed by atoms with Gasteiger partial charge in [-0.1, -0.05) is 54.1 Å². The van der Waals surface area contributed by atoms with Crippen LogP contribution in [0.4, 0.5) is 0 Å². The molecule has 190 valence electrons. The van der Waals surface area contributed by atoms with Crippen molar-refractivity contribution in [2.24, 2.45) is 0 Å². The number of halogens is 1. The topological polar surface area (TPSA) is 51.2 Å². The third-order valence-corrected chi connectivity index (χ3v) is 6.59. The molecule has 0 radical (unpaired) electrons. The fourth-order valence-electron chi connectivity index (χ4n) is 4.29. The van der Waals surface area contributed by atoms with E-state index < -0.39 is 6.10 Å². The summed E-state index contributed by atoms with van der Waals surface area (Å²) in [5.41, 5.74) is 2.13. The first-order valence-electron chi connectivity index (χ1n) is 12.2. The number of methoxy groups -OCH3 is 1. The molecule has 0 saturated carbocycles. The first-order chi connectivity index (χ1) is 17.5. The van der Waals surface area contributed by atoms with E-state index in [-0.39, 0.29) is 12.0 Å². The molecule has 7 heteroatoms. The van der Waals surface area contributed by atoms with Gasteiger partial charge in [-0.05, 0) is 54.4 Å². The molecule has 3 aromatic carbocycles. The Kier molecular flexibility index (Phi) is 9.23. The predicted octanol–water partition coefficient (Wildman–Crippen LogP) is 5.22. The molecule has 1 heterocycles. The van der Waals surface area contributed by atoms with Crippen molar-refractivity contribution in [1.29, 1.82) is 0 Å². The lowest BCUT2D eigenvalue weighted by Crippen LogP contribution is -2.52. The normalized spacial score (nSPS) is 15.8. The third-order valence-electron chi connectivity index (χ3n) is 6.34. The first kappa shape index (κ1) is 26.0. The maximum atomic E-state index is 12.9. The zero-order chi connectivity index (χ0) is 25.3. The molecule has 1 aliphatic rings. The lowest BCUT2D eigenvalue weighted by Gasteiger charge is -2.37. The molecule has 1 saturated heterocycles. The highest BCUT2D eigenvalue weighted by atomic mass is 35.5. The van der Waals surface area contributed by atoms with Crippen LogP contribution in [0, 0.1) is 0 Å². The zero-order valence-electron chi connectivity index (χ0n) is 20.8. The van der Waals surface area contributed by atoms with Crippen molar-refractivity contribution < 1.29 is 19.0 Å². The van der Waals surface area contributed by atoms with Crippen molar-refractivity contribution in [3.63, 3.8) is 0 Å². The van der Waals surface area contributed by atoms with Crippen LogP contribution in [0.1, 0.15) is 24.2 Å². The molecule has 36 heavy (non-hydrogen) atoms. The Hall–Kier alpha value is -3.06. The molecule has 1 fully saturated rings. The molecule has 0 aliphatic carbocycles. The second-order valence-electron chi connectivity index (χ2n) is 8.90.